The minimum atomic E-state index is 0.672. The Balaban J connectivity index is 3.25. The lowest BCUT2D eigenvalue weighted by molar-refractivity contribution is 0.797. The number of hydrogen-bond acceptors (Lipinski definition) is 3. The third-order valence-corrected chi connectivity index (χ3v) is 2.58. The van der Waals surface area contributed by atoms with Crippen molar-refractivity contribution in [3.63, 3.8) is 0 Å². The summed E-state index contributed by atoms with van der Waals surface area (Å²) < 4.78 is 0. The summed E-state index contributed by atoms with van der Waals surface area (Å²) in [5.41, 5.74) is 2.60. The van der Waals surface area contributed by atoms with E-state index in [1.165, 1.54) is 0 Å². The van der Waals surface area contributed by atoms with Crippen LogP contribution in [0.2, 0.25) is 0 Å². The van der Waals surface area contributed by atoms with Gasteiger partial charge in [0.15, 0.2) is 0 Å². The highest BCUT2D eigenvalue weighted by atomic mass is 15.2. The summed E-state index contributed by atoms with van der Waals surface area (Å²) in [6.07, 6.45) is 2.86. The standard InChI is InChI=1S/C14H19N3/c1-5-7-17(8-6-2)14-13(10-15)11(3)9-12(4)16-14/h5,9H,1,6-8H2,2-4H3. The topological polar surface area (TPSA) is 39.9 Å². The van der Waals surface area contributed by atoms with Crippen LogP contribution >= 0.6 is 0 Å². The minimum Gasteiger partial charge on any atom is -0.352 e. The van der Waals surface area contributed by atoms with Crippen LogP contribution in [0.1, 0.15) is 30.2 Å². The Kier molecular flexibility index (Phi) is 4.71. The van der Waals surface area contributed by atoms with Crippen LogP contribution in [0.4, 0.5) is 5.82 Å². The molecule has 0 aromatic carbocycles. The average Bonchev–Trinajstić information content (AvgIpc) is 2.28. The second-order valence-electron chi connectivity index (χ2n) is 4.13. The molecule has 1 rings (SSSR count). The van der Waals surface area contributed by atoms with E-state index in [1.54, 1.807) is 0 Å². The van der Waals surface area contributed by atoms with Crippen LogP contribution in [-0.4, -0.2) is 18.1 Å². The molecule has 0 radical (unpaired) electrons. The SMILES string of the molecule is C=CCN(CCC)c1nc(C)cc(C)c1C#N. The molecule has 0 atom stereocenters. The summed E-state index contributed by atoms with van der Waals surface area (Å²) in [6, 6.07) is 4.19. The first-order valence-corrected chi connectivity index (χ1v) is 5.88. The number of anilines is 1. The lowest BCUT2D eigenvalue weighted by atomic mass is 10.1. The fraction of sp³-hybridized carbons (Fsp3) is 0.429. The van der Waals surface area contributed by atoms with E-state index in [2.05, 4.69) is 29.5 Å². The molecule has 0 aliphatic heterocycles. The van der Waals surface area contributed by atoms with Gasteiger partial charge in [0, 0.05) is 18.8 Å². The molecule has 0 N–H and O–H groups in total. The quantitative estimate of drug-likeness (QED) is 0.729. The lowest BCUT2D eigenvalue weighted by Crippen LogP contribution is -2.26. The molecule has 0 aliphatic carbocycles. The Labute approximate surface area is 103 Å². The summed E-state index contributed by atoms with van der Waals surface area (Å²) in [5, 5.41) is 9.23. The fourth-order valence-corrected chi connectivity index (χ4v) is 1.89. The van der Waals surface area contributed by atoms with E-state index < -0.39 is 0 Å². The van der Waals surface area contributed by atoms with Crippen molar-refractivity contribution >= 4 is 5.82 Å². The Bertz CT molecular complexity index is 444. The van der Waals surface area contributed by atoms with Crippen LogP contribution in [-0.2, 0) is 0 Å². The van der Waals surface area contributed by atoms with Gasteiger partial charge in [-0.2, -0.15) is 5.26 Å². The summed E-state index contributed by atoms with van der Waals surface area (Å²) in [5.74, 6) is 0.784. The van der Waals surface area contributed by atoms with Gasteiger partial charge >= 0.3 is 0 Å². The van der Waals surface area contributed by atoms with Gasteiger partial charge < -0.3 is 4.90 Å². The van der Waals surface area contributed by atoms with E-state index in [4.69, 9.17) is 0 Å². The molecule has 0 aliphatic rings. The molecule has 1 aromatic heterocycles. The summed E-state index contributed by atoms with van der Waals surface area (Å²) in [6.45, 7) is 11.4. The van der Waals surface area contributed by atoms with Crippen molar-refractivity contribution in [2.24, 2.45) is 0 Å². The maximum atomic E-state index is 9.23. The second kappa shape index (κ2) is 6.05. The minimum absolute atomic E-state index is 0.672. The molecule has 0 saturated carbocycles. The number of pyridine rings is 1. The van der Waals surface area contributed by atoms with Crippen molar-refractivity contribution in [1.29, 1.82) is 5.26 Å². The van der Waals surface area contributed by atoms with E-state index >= 15 is 0 Å². The first-order valence-electron chi connectivity index (χ1n) is 5.88. The highest BCUT2D eigenvalue weighted by Crippen LogP contribution is 2.21. The molecule has 1 aromatic rings. The number of aromatic nitrogens is 1. The molecule has 0 amide bonds. The van der Waals surface area contributed by atoms with Gasteiger partial charge in [0.25, 0.3) is 0 Å². The second-order valence-corrected chi connectivity index (χ2v) is 4.13. The summed E-state index contributed by atoms with van der Waals surface area (Å²) in [4.78, 5) is 6.60. The Morgan fingerprint density at radius 3 is 2.76 bits per heavy atom. The summed E-state index contributed by atoms with van der Waals surface area (Å²) >= 11 is 0. The predicted molar refractivity (Wildman–Crippen MR) is 71.1 cm³/mol. The van der Waals surface area contributed by atoms with Crippen molar-refractivity contribution < 1.29 is 0 Å². The van der Waals surface area contributed by atoms with Crippen LogP contribution < -0.4 is 4.90 Å². The lowest BCUT2D eigenvalue weighted by Gasteiger charge is -2.23. The molecule has 0 unspecified atom stereocenters. The molecule has 0 saturated heterocycles. The monoisotopic (exact) mass is 229 g/mol. The van der Waals surface area contributed by atoms with E-state index in [9.17, 15) is 5.26 Å². The van der Waals surface area contributed by atoms with Crippen LogP contribution in [0, 0.1) is 25.2 Å². The zero-order chi connectivity index (χ0) is 12.8. The van der Waals surface area contributed by atoms with Crippen LogP contribution in [0.5, 0.6) is 0 Å². The normalized spacial score (nSPS) is 9.76. The van der Waals surface area contributed by atoms with E-state index in [1.807, 2.05) is 26.0 Å². The summed E-state index contributed by atoms with van der Waals surface area (Å²) in [7, 11) is 0. The number of rotatable bonds is 5. The molecule has 0 spiro atoms. The van der Waals surface area contributed by atoms with Gasteiger partial charge in [-0.25, -0.2) is 4.98 Å². The van der Waals surface area contributed by atoms with Crippen molar-refractivity contribution in [2.75, 3.05) is 18.0 Å². The van der Waals surface area contributed by atoms with Gasteiger partial charge in [-0.15, -0.1) is 6.58 Å². The molecular formula is C14H19N3. The van der Waals surface area contributed by atoms with Crippen molar-refractivity contribution in [2.45, 2.75) is 27.2 Å². The van der Waals surface area contributed by atoms with Gasteiger partial charge in [0.05, 0.1) is 5.56 Å². The van der Waals surface area contributed by atoms with Crippen LogP contribution in [0.3, 0.4) is 0 Å². The number of aryl methyl sites for hydroxylation is 2. The van der Waals surface area contributed by atoms with E-state index in [-0.39, 0.29) is 0 Å². The van der Waals surface area contributed by atoms with Gasteiger partial charge in [0.1, 0.15) is 11.9 Å². The number of nitriles is 1. The fourth-order valence-electron chi connectivity index (χ4n) is 1.89. The molecule has 1 heterocycles. The first-order chi connectivity index (χ1) is 8.13. The Hall–Kier alpha value is -1.82. The molecule has 0 bridgehead atoms. The maximum Gasteiger partial charge on any atom is 0.147 e. The third-order valence-electron chi connectivity index (χ3n) is 2.58. The highest BCUT2D eigenvalue weighted by molar-refractivity contribution is 5.58. The smallest absolute Gasteiger partial charge is 0.147 e. The first kappa shape index (κ1) is 13.2. The Morgan fingerprint density at radius 1 is 1.53 bits per heavy atom. The van der Waals surface area contributed by atoms with Crippen LogP contribution in [0.15, 0.2) is 18.7 Å². The van der Waals surface area contributed by atoms with Gasteiger partial charge in [-0.1, -0.05) is 13.0 Å². The molecule has 0 fully saturated rings. The zero-order valence-electron chi connectivity index (χ0n) is 10.8. The highest BCUT2D eigenvalue weighted by Gasteiger charge is 2.14. The number of nitrogens with zero attached hydrogens (tertiary/aromatic N) is 3. The van der Waals surface area contributed by atoms with Gasteiger partial charge in [-0.3, -0.25) is 0 Å². The van der Waals surface area contributed by atoms with Crippen molar-refractivity contribution in [1.82, 2.24) is 4.98 Å². The Morgan fingerprint density at radius 2 is 2.24 bits per heavy atom. The van der Waals surface area contributed by atoms with E-state index in [0.717, 1.165) is 36.6 Å². The number of hydrogen-bond donors (Lipinski definition) is 0. The van der Waals surface area contributed by atoms with Crippen LogP contribution in [0.25, 0.3) is 0 Å². The van der Waals surface area contributed by atoms with Gasteiger partial charge in [-0.05, 0) is 31.9 Å². The molecule has 17 heavy (non-hydrogen) atoms. The third kappa shape index (κ3) is 3.07. The molecule has 3 nitrogen and oxygen atoms in total. The maximum absolute atomic E-state index is 9.23. The van der Waals surface area contributed by atoms with Gasteiger partial charge in [0.2, 0.25) is 0 Å². The van der Waals surface area contributed by atoms with Crippen molar-refractivity contribution in [3.05, 3.63) is 35.5 Å². The molecule has 3 heteroatoms. The average molecular weight is 229 g/mol. The van der Waals surface area contributed by atoms with Crippen molar-refractivity contribution in [3.8, 4) is 6.07 Å². The largest absolute Gasteiger partial charge is 0.352 e. The van der Waals surface area contributed by atoms with E-state index in [0.29, 0.717) is 5.56 Å². The zero-order valence-corrected chi connectivity index (χ0v) is 10.8. The molecule has 90 valence electrons. The molecular weight excluding hydrogens is 210 g/mol. The predicted octanol–water partition coefficient (Wildman–Crippen LogP) is 2.97.